The molecule has 0 saturated carbocycles. The minimum atomic E-state index is -3.43. The molecular weight excluding hydrogens is 406 g/mol. The minimum absolute atomic E-state index is 0.0828. The summed E-state index contributed by atoms with van der Waals surface area (Å²) in [6.45, 7) is 1.66. The van der Waals surface area contributed by atoms with Crippen LogP contribution < -0.4 is 11.1 Å². The number of primary amides is 1. The van der Waals surface area contributed by atoms with Crippen molar-refractivity contribution in [3.63, 3.8) is 0 Å². The van der Waals surface area contributed by atoms with Crippen molar-refractivity contribution in [2.75, 3.05) is 24.2 Å². The molecule has 4 rings (SSSR count). The van der Waals surface area contributed by atoms with E-state index in [2.05, 4.69) is 14.6 Å². The summed E-state index contributed by atoms with van der Waals surface area (Å²) in [6, 6.07) is 7.23. The number of carbonyl (C=O) groups excluding carboxylic acids is 2. The molecule has 158 valence electrons. The van der Waals surface area contributed by atoms with Crippen molar-refractivity contribution in [1.29, 1.82) is 0 Å². The van der Waals surface area contributed by atoms with Gasteiger partial charge in [0, 0.05) is 25.0 Å². The number of nitrogens with one attached hydrogen (secondary N) is 1. The first-order valence-corrected chi connectivity index (χ1v) is 11.3. The summed E-state index contributed by atoms with van der Waals surface area (Å²) >= 11 is 0. The first-order chi connectivity index (χ1) is 14.3. The van der Waals surface area contributed by atoms with E-state index >= 15 is 0 Å². The van der Waals surface area contributed by atoms with Crippen molar-refractivity contribution in [2.45, 2.75) is 25.4 Å². The molecule has 0 aromatic heterocycles. The summed E-state index contributed by atoms with van der Waals surface area (Å²) < 4.78 is 26.9. The van der Waals surface area contributed by atoms with Gasteiger partial charge in [-0.2, -0.15) is 0 Å². The van der Waals surface area contributed by atoms with Crippen LogP contribution in [0.15, 0.2) is 52.6 Å². The maximum absolute atomic E-state index is 12.7. The van der Waals surface area contributed by atoms with Gasteiger partial charge in [-0.3, -0.25) is 14.5 Å². The Morgan fingerprint density at radius 1 is 1.23 bits per heavy atom. The zero-order chi connectivity index (χ0) is 21.3. The summed E-state index contributed by atoms with van der Waals surface area (Å²) in [7, 11) is -3.43. The monoisotopic (exact) mass is 429 g/mol. The van der Waals surface area contributed by atoms with E-state index in [1.807, 2.05) is 18.2 Å². The van der Waals surface area contributed by atoms with Gasteiger partial charge in [-0.15, -0.1) is 4.40 Å². The van der Waals surface area contributed by atoms with E-state index in [0.29, 0.717) is 23.6 Å². The van der Waals surface area contributed by atoms with Crippen LogP contribution in [-0.2, 0) is 26.2 Å². The largest absolute Gasteiger partial charge is 0.368 e. The third kappa shape index (κ3) is 4.44. The van der Waals surface area contributed by atoms with Gasteiger partial charge in [0.15, 0.2) is 0 Å². The summed E-state index contributed by atoms with van der Waals surface area (Å²) in [4.78, 5) is 28.0. The van der Waals surface area contributed by atoms with Crippen molar-refractivity contribution >= 4 is 33.4 Å². The van der Waals surface area contributed by atoms with E-state index in [9.17, 15) is 18.0 Å². The van der Waals surface area contributed by atoms with Crippen LogP contribution in [0.2, 0.25) is 0 Å². The Bertz CT molecular complexity index is 1080. The maximum Gasteiger partial charge on any atom is 0.257 e. The standard InChI is InChI=1S/C20H23N5O4S/c21-19(26)17-5-2-8-24(17)12-14-3-1-4-16(11-14)22-20(27)15-6-7-18-23-30(28,29)10-9-25(18)13-15/h1,3-4,6-7,11,13,17H,2,5,8-10,12H2,(H2,21,26)(H,22,27). The lowest BCUT2D eigenvalue weighted by Gasteiger charge is -2.27. The maximum atomic E-state index is 12.7. The molecule has 0 spiro atoms. The van der Waals surface area contributed by atoms with E-state index < -0.39 is 10.0 Å². The predicted molar refractivity (Wildman–Crippen MR) is 113 cm³/mol. The van der Waals surface area contributed by atoms with Gasteiger partial charge < -0.3 is 16.0 Å². The number of anilines is 1. The third-order valence-corrected chi connectivity index (χ3v) is 6.51. The van der Waals surface area contributed by atoms with Crippen LogP contribution in [0.25, 0.3) is 0 Å². The SMILES string of the molecule is NC(=O)C1CCCN1Cc1cccc(NC(=O)C2=CN3CCS(=O)(=O)N=C3C=C2)c1. The van der Waals surface area contributed by atoms with Gasteiger partial charge in [0.25, 0.3) is 15.9 Å². The van der Waals surface area contributed by atoms with Crippen LogP contribution >= 0.6 is 0 Å². The first kappa shape index (κ1) is 20.3. The van der Waals surface area contributed by atoms with Gasteiger partial charge >= 0.3 is 0 Å². The lowest BCUT2D eigenvalue weighted by Crippen LogP contribution is -2.39. The highest BCUT2D eigenvalue weighted by molar-refractivity contribution is 7.90. The molecule has 10 heteroatoms. The van der Waals surface area contributed by atoms with Crippen LogP contribution in [0.3, 0.4) is 0 Å². The van der Waals surface area contributed by atoms with Crippen molar-refractivity contribution < 1.29 is 18.0 Å². The van der Waals surface area contributed by atoms with E-state index in [1.165, 1.54) is 6.08 Å². The Kier molecular flexibility index (Phi) is 5.44. The number of hydrogen-bond donors (Lipinski definition) is 2. The van der Waals surface area contributed by atoms with E-state index in [0.717, 1.165) is 24.9 Å². The minimum Gasteiger partial charge on any atom is -0.368 e. The highest BCUT2D eigenvalue weighted by Gasteiger charge is 2.29. The quantitative estimate of drug-likeness (QED) is 0.705. The van der Waals surface area contributed by atoms with E-state index in [4.69, 9.17) is 5.73 Å². The second-order valence-corrected chi connectivity index (χ2v) is 9.29. The number of amides is 2. The fraction of sp³-hybridized carbons (Fsp3) is 0.350. The molecule has 1 unspecified atom stereocenters. The van der Waals surface area contributed by atoms with E-state index in [1.54, 1.807) is 23.2 Å². The molecule has 9 nitrogen and oxygen atoms in total. The zero-order valence-corrected chi connectivity index (χ0v) is 17.1. The molecule has 1 fully saturated rings. The van der Waals surface area contributed by atoms with Crippen LogP contribution in [0.4, 0.5) is 5.69 Å². The van der Waals surface area contributed by atoms with Gasteiger partial charge in [0.1, 0.15) is 5.84 Å². The second-order valence-electron chi connectivity index (χ2n) is 7.53. The van der Waals surface area contributed by atoms with Crippen molar-refractivity contribution in [3.05, 3.63) is 53.8 Å². The Morgan fingerprint density at radius 3 is 2.87 bits per heavy atom. The molecule has 0 aliphatic carbocycles. The van der Waals surface area contributed by atoms with Crippen LogP contribution in [-0.4, -0.2) is 60.8 Å². The van der Waals surface area contributed by atoms with Crippen molar-refractivity contribution in [1.82, 2.24) is 9.80 Å². The number of sulfonamides is 1. The average molecular weight is 430 g/mol. The number of fused-ring (bicyclic) bond motifs is 1. The fourth-order valence-electron chi connectivity index (χ4n) is 3.86. The molecule has 30 heavy (non-hydrogen) atoms. The lowest BCUT2D eigenvalue weighted by atomic mass is 10.1. The molecule has 0 bridgehead atoms. The number of nitrogens with zero attached hydrogens (tertiary/aromatic N) is 3. The van der Waals surface area contributed by atoms with Gasteiger partial charge in [0.05, 0.1) is 17.4 Å². The Hall–Kier alpha value is -2.98. The molecular formula is C20H23N5O4S. The summed E-state index contributed by atoms with van der Waals surface area (Å²) in [5.41, 5.74) is 7.51. The average Bonchev–Trinajstić information content (AvgIpc) is 3.15. The summed E-state index contributed by atoms with van der Waals surface area (Å²) in [6.07, 6.45) is 6.40. The molecule has 3 heterocycles. The topological polar surface area (TPSA) is 125 Å². The third-order valence-electron chi connectivity index (χ3n) is 5.35. The predicted octanol–water partition coefficient (Wildman–Crippen LogP) is 0.572. The molecule has 3 aliphatic heterocycles. The molecule has 2 amide bonds. The second kappa shape index (κ2) is 8.04. The number of likely N-dealkylation sites (tertiary alicyclic amines) is 1. The van der Waals surface area contributed by atoms with Gasteiger partial charge in [-0.25, -0.2) is 8.42 Å². The number of nitrogens with two attached hydrogens (primary N) is 1. The van der Waals surface area contributed by atoms with Gasteiger partial charge in [-0.05, 0) is 49.2 Å². The number of carbonyl (C=O) groups is 2. The zero-order valence-electron chi connectivity index (χ0n) is 16.3. The number of rotatable bonds is 5. The van der Waals surface area contributed by atoms with Gasteiger partial charge in [-0.1, -0.05) is 12.1 Å². The normalized spacial score (nSPS) is 22.8. The Labute approximate surface area is 175 Å². The highest BCUT2D eigenvalue weighted by Crippen LogP contribution is 2.22. The number of amidine groups is 1. The smallest absolute Gasteiger partial charge is 0.257 e. The molecule has 1 saturated heterocycles. The molecule has 1 atom stereocenters. The number of hydrogen-bond acceptors (Lipinski definition) is 6. The van der Waals surface area contributed by atoms with Crippen molar-refractivity contribution in [3.8, 4) is 0 Å². The highest BCUT2D eigenvalue weighted by atomic mass is 32.2. The molecule has 1 aromatic rings. The number of benzene rings is 1. The van der Waals surface area contributed by atoms with Crippen LogP contribution in [0.5, 0.6) is 0 Å². The molecule has 1 aromatic carbocycles. The Balaban J connectivity index is 1.43. The summed E-state index contributed by atoms with van der Waals surface area (Å²) in [5.74, 6) is -0.372. The first-order valence-electron chi connectivity index (χ1n) is 9.74. The lowest BCUT2D eigenvalue weighted by molar-refractivity contribution is -0.122. The Morgan fingerprint density at radius 2 is 2.07 bits per heavy atom. The van der Waals surface area contributed by atoms with Gasteiger partial charge in [0.2, 0.25) is 5.91 Å². The van der Waals surface area contributed by atoms with E-state index in [-0.39, 0.29) is 30.2 Å². The molecule has 3 aliphatic rings. The summed E-state index contributed by atoms with van der Waals surface area (Å²) in [5, 5.41) is 2.87. The van der Waals surface area contributed by atoms with Crippen molar-refractivity contribution in [2.24, 2.45) is 10.1 Å². The fourth-order valence-corrected chi connectivity index (χ4v) is 4.83. The van der Waals surface area contributed by atoms with Crippen LogP contribution in [0, 0.1) is 0 Å². The van der Waals surface area contributed by atoms with Crippen LogP contribution in [0.1, 0.15) is 18.4 Å². The molecule has 3 N–H and O–H groups in total. The molecule has 0 radical (unpaired) electrons.